The molecule has 112 valence electrons. The van der Waals surface area contributed by atoms with Crippen LogP contribution in [-0.2, 0) is 11.2 Å². The van der Waals surface area contributed by atoms with Gasteiger partial charge in [0.1, 0.15) is 0 Å². The van der Waals surface area contributed by atoms with Crippen molar-refractivity contribution in [2.75, 3.05) is 29.0 Å². The first kappa shape index (κ1) is 13.0. The molecule has 3 N–H and O–H groups in total. The SMILES string of the molecule is Nc1cc2c(cc1N(CC1CC1)CC1CC1)NC(=O)CC2. The summed E-state index contributed by atoms with van der Waals surface area (Å²) < 4.78 is 0. The molecule has 2 aliphatic carbocycles. The summed E-state index contributed by atoms with van der Waals surface area (Å²) >= 11 is 0. The molecule has 21 heavy (non-hydrogen) atoms. The molecule has 0 saturated heterocycles. The molecule has 4 rings (SSSR count). The summed E-state index contributed by atoms with van der Waals surface area (Å²) in [4.78, 5) is 14.1. The average molecular weight is 285 g/mol. The molecule has 1 heterocycles. The highest BCUT2D eigenvalue weighted by molar-refractivity contribution is 5.95. The van der Waals surface area contributed by atoms with Crippen molar-refractivity contribution in [3.05, 3.63) is 17.7 Å². The van der Waals surface area contributed by atoms with E-state index in [4.69, 9.17) is 5.73 Å². The molecule has 0 unspecified atom stereocenters. The summed E-state index contributed by atoms with van der Waals surface area (Å²) in [7, 11) is 0. The quantitative estimate of drug-likeness (QED) is 0.818. The number of nitrogens with zero attached hydrogens (tertiary/aromatic N) is 1. The van der Waals surface area contributed by atoms with Gasteiger partial charge < -0.3 is 16.0 Å². The van der Waals surface area contributed by atoms with Crippen LogP contribution in [0.3, 0.4) is 0 Å². The van der Waals surface area contributed by atoms with Crippen LogP contribution in [0.15, 0.2) is 12.1 Å². The van der Waals surface area contributed by atoms with Crippen LogP contribution in [0, 0.1) is 11.8 Å². The Balaban J connectivity index is 1.63. The van der Waals surface area contributed by atoms with Gasteiger partial charge in [-0.3, -0.25) is 4.79 Å². The number of amides is 1. The molecule has 1 aromatic rings. The number of anilines is 3. The van der Waals surface area contributed by atoms with Crippen LogP contribution >= 0.6 is 0 Å². The number of nitrogen functional groups attached to an aromatic ring is 1. The Labute approximate surface area is 125 Å². The second-order valence-electron chi connectivity index (χ2n) is 6.91. The number of nitrogens with one attached hydrogen (secondary N) is 1. The second-order valence-corrected chi connectivity index (χ2v) is 6.91. The summed E-state index contributed by atoms with van der Waals surface area (Å²) in [6, 6.07) is 4.17. The highest BCUT2D eigenvalue weighted by Gasteiger charge is 2.30. The summed E-state index contributed by atoms with van der Waals surface area (Å²) in [5, 5.41) is 3.00. The Morgan fingerprint density at radius 2 is 1.76 bits per heavy atom. The van der Waals surface area contributed by atoms with E-state index in [0.29, 0.717) is 6.42 Å². The van der Waals surface area contributed by atoms with Crippen LogP contribution in [0.25, 0.3) is 0 Å². The molecular formula is C17H23N3O. The fraction of sp³-hybridized carbons (Fsp3) is 0.588. The molecule has 3 aliphatic rings. The maximum atomic E-state index is 11.6. The normalized spacial score (nSPS) is 20.9. The molecule has 0 aromatic heterocycles. The summed E-state index contributed by atoms with van der Waals surface area (Å²) in [5.41, 5.74) is 10.4. The zero-order chi connectivity index (χ0) is 14.4. The Morgan fingerprint density at radius 1 is 1.10 bits per heavy atom. The number of hydrogen-bond acceptors (Lipinski definition) is 3. The smallest absolute Gasteiger partial charge is 0.224 e. The molecule has 0 radical (unpaired) electrons. The molecule has 1 aliphatic heterocycles. The van der Waals surface area contributed by atoms with Crippen molar-refractivity contribution < 1.29 is 4.79 Å². The van der Waals surface area contributed by atoms with Gasteiger partial charge in [-0.2, -0.15) is 0 Å². The largest absolute Gasteiger partial charge is 0.397 e. The van der Waals surface area contributed by atoms with Gasteiger partial charge in [-0.15, -0.1) is 0 Å². The predicted octanol–water partition coefficient (Wildman–Crippen LogP) is 2.78. The number of carbonyl (C=O) groups excluding carboxylic acids is 1. The first-order valence-corrected chi connectivity index (χ1v) is 8.16. The Bertz CT molecular complexity index is 562. The van der Waals surface area contributed by atoms with Gasteiger partial charge in [-0.1, -0.05) is 0 Å². The van der Waals surface area contributed by atoms with Crippen molar-refractivity contribution >= 4 is 23.0 Å². The molecule has 0 bridgehead atoms. The zero-order valence-corrected chi connectivity index (χ0v) is 12.4. The monoisotopic (exact) mass is 285 g/mol. The van der Waals surface area contributed by atoms with Crippen molar-refractivity contribution in [1.29, 1.82) is 0 Å². The predicted molar refractivity (Wildman–Crippen MR) is 85.5 cm³/mol. The van der Waals surface area contributed by atoms with Crippen LogP contribution in [0.4, 0.5) is 17.1 Å². The van der Waals surface area contributed by atoms with Crippen LogP contribution in [0.2, 0.25) is 0 Å². The van der Waals surface area contributed by atoms with E-state index in [1.54, 1.807) is 0 Å². The zero-order valence-electron chi connectivity index (χ0n) is 12.4. The molecule has 2 fully saturated rings. The van der Waals surface area contributed by atoms with E-state index in [9.17, 15) is 4.79 Å². The van der Waals surface area contributed by atoms with Gasteiger partial charge in [-0.25, -0.2) is 0 Å². The fourth-order valence-corrected chi connectivity index (χ4v) is 3.21. The third-order valence-corrected chi connectivity index (χ3v) is 4.84. The van der Waals surface area contributed by atoms with Gasteiger partial charge in [-0.05, 0) is 61.6 Å². The Kier molecular flexibility index (Phi) is 3.05. The first-order chi connectivity index (χ1) is 10.2. The van der Waals surface area contributed by atoms with Crippen LogP contribution in [-0.4, -0.2) is 19.0 Å². The lowest BCUT2D eigenvalue weighted by Crippen LogP contribution is -2.29. The van der Waals surface area contributed by atoms with Crippen molar-refractivity contribution in [1.82, 2.24) is 0 Å². The highest BCUT2D eigenvalue weighted by atomic mass is 16.1. The van der Waals surface area contributed by atoms with Gasteiger partial charge in [0.05, 0.1) is 11.4 Å². The first-order valence-electron chi connectivity index (χ1n) is 8.16. The molecule has 0 atom stereocenters. The van der Waals surface area contributed by atoms with Gasteiger partial charge in [0.15, 0.2) is 0 Å². The third-order valence-electron chi connectivity index (χ3n) is 4.84. The average Bonchev–Trinajstić information content (AvgIpc) is 3.33. The minimum absolute atomic E-state index is 0.120. The van der Waals surface area contributed by atoms with Gasteiger partial charge >= 0.3 is 0 Å². The summed E-state index contributed by atoms with van der Waals surface area (Å²) in [6.45, 7) is 2.24. The van der Waals surface area contributed by atoms with Gasteiger partial charge in [0.25, 0.3) is 0 Å². The van der Waals surface area contributed by atoms with E-state index < -0.39 is 0 Å². The maximum absolute atomic E-state index is 11.6. The van der Waals surface area contributed by atoms with E-state index >= 15 is 0 Å². The molecule has 4 nitrogen and oxygen atoms in total. The van der Waals surface area contributed by atoms with Gasteiger partial charge in [0, 0.05) is 25.2 Å². The lowest BCUT2D eigenvalue weighted by Gasteiger charge is -2.28. The van der Waals surface area contributed by atoms with E-state index in [1.165, 1.54) is 31.2 Å². The summed E-state index contributed by atoms with van der Waals surface area (Å²) in [6.07, 6.45) is 6.77. The third kappa shape index (κ3) is 2.85. The van der Waals surface area contributed by atoms with Crippen LogP contribution in [0.5, 0.6) is 0 Å². The number of hydrogen-bond donors (Lipinski definition) is 2. The summed E-state index contributed by atoms with van der Waals surface area (Å²) in [5.74, 6) is 1.80. The number of nitrogens with two attached hydrogens (primary N) is 1. The van der Waals surface area contributed by atoms with Crippen molar-refractivity contribution in [2.45, 2.75) is 38.5 Å². The second kappa shape index (κ2) is 4.93. The lowest BCUT2D eigenvalue weighted by atomic mass is 10.0. The van der Waals surface area contributed by atoms with Crippen LogP contribution in [0.1, 0.15) is 37.7 Å². The molecule has 0 spiro atoms. The number of aryl methyl sites for hydroxylation is 1. The van der Waals surface area contributed by atoms with E-state index in [1.807, 2.05) is 0 Å². The number of benzene rings is 1. The standard InChI is InChI=1S/C17H23N3O/c18-14-7-13-5-6-17(21)19-15(13)8-16(14)20(9-11-1-2-11)10-12-3-4-12/h7-8,11-12H,1-6,9-10,18H2,(H,19,21). The molecule has 1 aromatic carbocycles. The van der Waals surface area contributed by atoms with E-state index in [0.717, 1.165) is 48.4 Å². The minimum Gasteiger partial charge on any atom is -0.397 e. The topological polar surface area (TPSA) is 58.4 Å². The molecule has 4 heteroatoms. The van der Waals surface area contributed by atoms with Crippen molar-refractivity contribution in [3.63, 3.8) is 0 Å². The van der Waals surface area contributed by atoms with Gasteiger partial charge in [0.2, 0.25) is 5.91 Å². The van der Waals surface area contributed by atoms with Crippen molar-refractivity contribution in [3.8, 4) is 0 Å². The molecular weight excluding hydrogens is 262 g/mol. The van der Waals surface area contributed by atoms with Crippen molar-refractivity contribution in [2.24, 2.45) is 11.8 Å². The minimum atomic E-state index is 0.120. The molecule has 1 amide bonds. The maximum Gasteiger partial charge on any atom is 0.224 e. The number of rotatable bonds is 5. The fourth-order valence-electron chi connectivity index (χ4n) is 3.21. The molecule has 2 saturated carbocycles. The number of carbonyl (C=O) groups is 1. The number of fused-ring (bicyclic) bond motifs is 1. The Morgan fingerprint density at radius 3 is 2.38 bits per heavy atom. The highest BCUT2D eigenvalue weighted by Crippen LogP contribution is 2.39. The van der Waals surface area contributed by atoms with E-state index in [-0.39, 0.29) is 5.91 Å². The Hall–Kier alpha value is -1.71. The van der Waals surface area contributed by atoms with Crippen LogP contribution < -0.4 is 16.0 Å². The van der Waals surface area contributed by atoms with E-state index in [2.05, 4.69) is 22.3 Å². The lowest BCUT2D eigenvalue weighted by molar-refractivity contribution is -0.116.